The van der Waals surface area contributed by atoms with Gasteiger partial charge in [-0.15, -0.1) is 0 Å². The standard InChI is InChI=1S/C14H11N3O3/c18-17(19)10-4-3-5-11(8-10)20-14-12-6-1-2-7-13(12)15-9-16-14/h1-3,5-10H,4H2. The van der Waals surface area contributed by atoms with Crippen molar-refractivity contribution in [2.75, 3.05) is 0 Å². The molecular weight excluding hydrogens is 258 g/mol. The lowest BCUT2D eigenvalue weighted by molar-refractivity contribution is -0.508. The number of aromatic nitrogens is 2. The molecule has 100 valence electrons. The van der Waals surface area contributed by atoms with Gasteiger partial charge >= 0.3 is 0 Å². The molecule has 0 N–H and O–H groups in total. The molecule has 3 rings (SSSR count). The van der Waals surface area contributed by atoms with E-state index in [-0.39, 0.29) is 4.92 Å². The van der Waals surface area contributed by atoms with Crippen LogP contribution < -0.4 is 4.74 Å². The molecule has 0 fully saturated rings. The first-order chi connectivity index (χ1) is 9.74. The summed E-state index contributed by atoms with van der Waals surface area (Å²) in [6.07, 6.45) is 6.74. The first kappa shape index (κ1) is 12.3. The second-order valence-corrected chi connectivity index (χ2v) is 4.36. The highest BCUT2D eigenvalue weighted by atomic mass is 16.6. The molecule has 1 aliphatic rings. The van der Waals surface area contributed by atoms with Crippen LogP contribution in [0.2, 0.25) is 0 Å². The number of benzene rings is 1. The first-order valence-electron chi connectivity index (χ1n) is 6.13. The summed E-state index contributed by atoms with van der Waals surface area (Å²) in [5, 5.41) is 11.6. The fourth-order valence-corrected chi connectivity index (χ4v) is 2.02. The zero-order valence-electron chi connectivity index (χ0n) is 10.5. The number of nitro groups is 1. The zero-order chi connectivity index (χ0) is 13.9. The summed E-state index contributed by atoms with van der Waals surface area (Å²) in [7, 11) is 0. The van der Waals surface area contributed by atoms with E-state index < -0.39 is 6.04 Å². The van der Waals surface area contributed by atoms with Crippen LogP contribution in [0.5, 0.6) is 5.88 Å². The molecular formula is C14H11N3O3. The smallest absolute Gasteiger partial charge is 0.238 e. The van der Waals surface area contributed by atoms with Crippen molar-refractivity contribution in [1.82, 2.24) is 9.97 Å². The van der Waals surface area contributed by atoms with Gasteiger partial charge in [-0.25, -0.2) is 9.97 Å². The maximum absolute atomic E-state index is 10.8. The average molecular weight is 269 g/mol. The van der Waals surface area contributed by atoms with E-state index in [0.29, 0.717) is 18.1 Å². The largest absolute Gasteiger partial charge is 0.438 e. The van der Waals surface area contributed by atoms with E-state index >= 15 is 0 Å². The summed E-state index contributed by atoms with van der Waals surface area (Å²) >= 11 is 0. The van der Waals surface area contributed by atoms with E-state index in [0.717, 1.165) is 10.9 Å². The molecule has 0 radical (unpaired) electrons. The Morgan fingerprint density at radius 3 is 3.00 bits per heavy atom. The second-order valence-electron chi connectivity index (χ2n) is 4.36. The molecule has 0 aliphatic heterocycles. The van der Waals surface area contributed by atoms with Crippen LogP contribution in [0.1, 0.15) is 6.42 Å². The lowest BCUT2D eigenvalue weighted by Crippen LogP contribution is -2.19. The molecule has 1 atom stereocenters. The van der Waals surface area contributed by atoms with Crippen molar-refractivity contribution in [3.05, 3.63) is 64.7 Å². The maximum atomic E-state index is 10.8. The number of allylic oxidation sites excluding steroid dienone is 1. The van der Waals surface area contributed by atoms with Crippen LogP contribution in [0.3, 0.4) is 0 Å². The van der Waals surface area contributed by atoms with E-state index in [9.17, 15) is 10.1 Å². The van der Waals surface area contributed by atoms with Crippen molar-refractivity contribution in [2.24, 2.45) is 0 Å². The molecule has 1 unspecified atom stereocenters. The topological polar surface area (TPSA) is 78.2 Å². The third-order valence-electron chi connectivity index (χ3n) is 3.01. The predicted molar refractivity (Wildman–Crippen MR) is 72.8 cm³/mol. The molecule has 1 aromatic heterocycles. The Bertz CT molecular complexity index is 719. The molecule has 0 saturated heterocycles. The number of para-hydroxylation sites is 1. The first-order valence-corrected chi connectivity index (χ1v) is 6.13. The van der Waals surface area contributed by atoms with Crippen molar-refractivity contribution in [3.63, 3.8) is 0 Å². The molecule has 0 amide bonds. The number of hydrogen-bond acceptors (Lipinski definition) is 5. The maximum Gasteiger partial charge on any atom is 0.238 e. The van der Waals surface area contributed by atoms with Crippen molar-refractivity contribution in [1.29, 1.82) is 0 Å². The third-order valence-corrected chi connectivity index (χ3v) is 3.01. The molecule has 6 heteroatoms. The van der Waals surface area contributed by atoms with Gasteiger partial charge in [0.2, 0.25) is 11.9 Å². The van der Waals surface area contributed by atoms with Gasteiger partial charge in [0.1, 0.15) is 12.1 Å². The monoisotopic (exact) mass is 269 g/mol. The highest BCUT2D eigenvalue weighted by molar-refractivity contribution is 5.83. The highest BCUT2D eigenvalue weighted by Gasteiger charge is 2.20. The van der Waals surface area contributed by atoms with Crippen LogP contribution in [0, 0.1) is 10.1 Å². The number of rotatable bonds is 3. The Morgan fingerprint density at radius 2 is 2.15 bits per heavy atom. The number of hydrogen-bond donors (Lipinski definition) is 0. The van der Waals surface area contributed by atoms with E-state index in [1.165, 1.54) is 12.4 Å². The summed E-state index contributed by atoms with van der Waals surface area (Å²) in [6, 6.07) is 6.70. The molecule has 0 saturated carbocycles. The summed E-state index contributed by atoms with van der Waals surface area (Å²) < 4.78 is 5.67. The Hall–Kier alpha value is -2.76. The second kappa shape index (κ2) is 5.08. The van der Waals surface area contributed by atoms with Gasteiger partial charge in [-0.2, -0.15) is 0 Å². The molecule has 2 aromatic rings. The molecule has 1 aliphatic carbocycles. The normalized spacial score (nSPS) is 17.8. The molecule has 6 nitrogen and oxygen atoms in total. The van der Waals surface area contributed by atoms with E-state index in [4.69, 9.17) is 4.74 Å². The third kappa shape index (κ3) is 2.35. The van der Waals surface area contributed by atoms with Crippen molar-refractivity contribution >= 4 is 10.9 Å². The van der Waals surface area contributed by atoms with Gasteiger partial charge in [-0.1, -0.05) is 18.2 Å². The minimum absolute atomic E-state index is 0.328. The lowest BCUT2D eigenvalue weighted by Gasteiger charge is -2.12. The fourth-order valence-electron chi connectivity index (χ4n) is 2.02. The van der Waals surface area contributed by atoms with Gasteiger partial charge in [0.15, 0.2) is 0 Å². The predicted octanol–water partition coefficient (Wildman–Crippen LogP) is 2.50. The Labute approximate surface area is 114 Å². The number of fused-ring (bicyclic) bond motifs is 1. The van der Waals surface area contributed by atoms with Gasteiger partial charge in [0.25, 0.3) is 0 Å². The minimum Gasteiger partial charge on any atom is -0.438 e. The Kier molecular flexibility index (Phi) is 3.12. The SMILES string of the molecule is O=[N+]([O-])C1C=C(Oc2ncnc3ccccc23)C=CC1. The molecule has 1 aromatic carbocycles. The van der Waals surface area contributed by atoms with Crippen LogP contribution in [0.4, 0.5) is 0 Å². The van der Waals surface area contributed by atoms with Crippen LogP contribution in [-0.4, -0.2) is 20.9 Å². The molecule has 20 heavy (non-hydrogen) atoms. The van der Waals surface area contributed by atoms with Gasteiger partial charge in [-0.3, -0.25) is 10.1 Å². The van der Waals surface area contributed by atoms with Crippen molar-refractivity contribution < 1.29 is 9.66 Å². The number of nitrogens with zero attached hydrogens (tertiary/aromatic N) is 3. The lowest BCUT2D eigenvalue weighted by atomic mass is 10.1. The molecule has 0 bridgehead atoms. The quantitative estimate of drug-likeness (QED) is 0.632. The van der Waals surface area contributed by atoms with Gasteiger partial charge in [0.05, 0.1) is 10.9 Å². The summed E-state index contributed by atoms with van der Waals surface area (Å²) in [6.45, 7) is 0. The summed E-state index contributed by atoms with van der Waals surface area (Å²) in [4.78, 5) is 18.7. The Morgan fingerprint density at radius 1 is 1.30 bits per heavy atom. The van der Waals surface area contributed by atoms with Gasteiger partial charge in [0, 0.05) is 17.4 Å². The summed E-state index contributed by atoms with van der Waals surface area (Å²) in [5.74, 6) is 0.831. The van der Waals surface area contributed by atoms with Gasteiger partial charge in [-0.05, 0) is 18.2 Å². The van der Waals surface area contributed by atoms with Gasteiger partial charge < -0.3 is 4.74 Å². The number of ether oxygens (including phenoxy) is 1. The fraction of sp³-hybridized carbons (Fsp3) is 0.143. The van der Waals surface area contributed by atoms with E-state index in [2.05, 4.69) is 9.97 Å². The van der Waals surface area contributed by atoms with Crippen molar-refractivity contribution in [3.8, 4) is 5.88 Å². The van der Waals surface area contributed by atoms with Crippen LogP contribution in [0.15, 0.2) is 54.6 Å². The average Bonchev–Trinajstić information content (AvgIpc) is 2.48. The Balaban J connectivity index is 1.94. The van der Waals surface area contributed by atoms with Crippen molar-refractivity contribution in [2.45, 2.75) is 12.5 Å². The van der Waals surface area contributed by atoms with Crippen LogP contribution in [0.25, 0.3) is 10.9 Å². The van der Waals surface area contributed by atoms with E-state index in [1.54, 1.807) is 12.2 Å². The molecule has 1 heterocycles. The van der Waals surface area contributed by atoms with Crippen LogP contribution in [-0.2, 0) is 0 Å². The van der Waals surface area contributed by atoms with Crippen LogP contribution >= 0.6 is 0 Å². The molecule has 0 spiro atoms. The minimum atomic E-state index is -0.747. The van der Waals surface area contributed by atoms with E-state index in [1.807, 2.05) is 24.3 Å². The zero-order valence-corrected chi connectivity index (χ0v) is 10.5. The highest BCUT2D eigenvalue weighted by Crippen LogP contribution is 2.24. The summed E-state index contributed by atoms with van der Waals surface area (Å²) in [5.41, 5.74) is 0.767.